The lowest BCUT2D eigenvalue weighted by molar-refractivity contribution is -0.311. The quantitative estimate of drug-likeness (QED) is 0.0804. The number of carbonyl (C=O) groups excluding carboxylic acids is 3. The molecule has 0 saturated carbocycles. The molecular formula is C21H34O11. The number of carbonyl (C=O) groups is 3. The molecule has 32 heavy (non-hydrogen) atoms. The van der Waals surface area contributed by atoms with Crippen LogP contribution >= 0.6 is 0 Å². The van der Waals surface area contributed by atoms with E-state index in [9.17, 15) is 14.4 Å². The van der Waals surface area contributed by atoms with Gasteiger partial charge in [0.15, 0.2) is 0 Å². The monoisotopic (exact) mass is 462 g/mol. The first kappa shape index (κ1) is 29.2. The van der Waals surface area contributed by atoms with E-state index in [1.54, 1.807) is 41.5 Å². The molecule has 0 aliphatic rings. The summed E-state index contributed by atoms with van der Waals surface area (Å²) in [6.45, 7) is 12.9. The van der Waals surface area contributed by atoms with Gasteiger partial charge in [-0.3, -0.25) is 0 Å². The van der Waals surface area contributed by atoms with Crippen LogP contribution in [0, 0.1) is 0 Å². The van der Waals surface area contributed by atoms with Crippen molar-refractivity contribution in [2.45, 2.75) is 66.6 Å². The number of esters is 2. The molecule has 184 valence electrons. The summed E-state index contributed by atoms with van der Waals surface area (Å²) in [7, 11) is 0. The molecule has 0 aliphatic carbocycles. The van der Waals surface area contributed by atoms with Gasteiger partial charge in [-0.15, -0.1) is 0 Å². The molecule has 11 nitrogen and oxygen atoms in total. The summed E-state index contributed by atoms with van der Waals surface area (Å²) in [5.74, 6) is -1.32. The van der Waals surface area contributed by atoms with Crippen molar-refractivity contribution < 1.29 is 52.9 Å². The minimum atomic E-state index is -1.000. The molecule has 0 spiro atoms. The first-order chi connectivity index (χ1) is 14.7. The van der Waals surface area contributed by atoms with Gasteiger partial charge < -0.3 is 28.7 Å². The highest BCUT2D eigenvalue weighted by molar-refractivity contribution is 5.87. The lowest BCUT2D eigenvalue weighted by atomic mass is 10.2. The van der Waals surface area contributed by atoms with Crippen LogP contribution < -0.4 is 0 Å². The van der Waals surface area contributed by atoms with Crippen molar-refractivity contribution in [3.8, 4) is 0 Å². The largest absolute Gasteiger partial charge is 0.508 e. The highest BCUT2D eigenvalue weighted by Gasteiger charge is 2.14. The van der Waals surface area contributed by atoms with Crippen molar-refractivity contribution >= 4 is 18.1 Å². The molecule has 0 saturated heterocycles. The van der Waals surface area contributed by atoms with E-state index in [2.05, 4.69) is 0 Å². The van der Waals surface area contributed by atoms with Gasteiger partial charge in [0.2, 0.25) is 0 Å². The zero-order chi connectivity index (χ0) is 24.8. The molecule has 0 rings (SSSR count). The van der Waals surface area contributed by atoms with E-state index in [0.717, 1.165) is 12.5 Å². The van der Waals surface area contributed by atoms with Crippen LogP contribution in [0.3, 0.4) is 0 Å². The van der Waals surface area contributed by atoms with Crippen LogP contribution in [0.1, 0.15) is 55.4 Å². The fourth-order valence-corrected chi connectivity index (χ4v) is 1.37. The molecule has 0 bridgehead atoms. The molecule has 0 amide bonds. The van der Waals surface area contributed by atoms with Crippen molar-refractivity contribution in [1.82, 2.24) is 0 Å². The number of hydrogen-bond acceptors (Lipinski definition) is 11. The van der Waals surface area contributed by atoms with Crippen molar-refractivity contribution in [1.29, 1.82) is 0 Å². The minimum Gasteiger partial charge on any atom is -0.459 e. The molecule has 0 aromatic carbocycles. The summed E-state index contributed by atoms with van der Waals surface area (Å²) in [6, 6.07) is 0. The maximum Gasteiger partial charge on any atom is 0.508 e. The first-order valence-corrected chi connectivity index (χ1v) is 9.87. The van der Waals surface area contributed by atoms with Crippen LogP contribution in [0.4, 0.5) is 4.79 Å². The molecule has 0 fully saturated rings. The number of hydrogen-bond donors (Lipinski definition) is 0. The van der Waals surface area contributed by atoms with Crippen LogP contribution in [0.2, 0.25) is 0 Å². The Kier molecular flexibility index (Phi) is 13.1. The molecule has 11 heteroatoms. The topological polar surface area (TPSA) is 125 Å². The van der Waals surface area contributed by atoms with E-state index in [4.69, 9.17) is 38.5 Å². The minimum absolute atomic E-state index is 0.165. The maximum absolute atomic E-state index is 11.7. The molecule has 0 heterocycles. The van der Waals surface area contributed by atoms with Crippen LogP contribution in [0.25, 0.3) is 0 Å². The molecular weight excluding hydrogens is 428 g/mol. The summed E-state index contributed by atoms with van der Waals surface area (Å²) in [4.78, 5) is 54.5. The summed E-state index contributed by atoms with van der Waals surface area (Å²) in [5.41, 5.74) is -0.729. The Hall–Kier alpha value is -2.79. The second kappa shape index (κ2) is 14.3. The molecule has 0 aromatic rings. The summed E-state index contributed by atoms with van der Waals surface area (Å²) < 4.78 is 19.3. The van der Waals surface area contributed by atoms with Crippen LogP contribution in [0.5, 0.6) is 0 Å². The lowest BCUT2D eigenvalue weighted by Crippen LogP contribution is -2.19. The number of ether oxygens (including phenoxy) is 4. The summed E-state index contributed by atoms with van der Waals surface area (Å²) >= 11 is 0. The van der Waals surface area contributed by atoms with Crippen LogP contribution in [-0.4, -0.2) is 55.7 Å². The van der Waals surface area contributed by atoms with Gasteiger partial charge in [-0.2, -0.15) is 9.78 Å². The predicted octanol–water partition coefficient (Wildman–Crippen LogP) is 3.53. The second-order valence-corrected chi connectivity index (χ2v) is 8.40. The van der Waals surface area contributed by atoms with Gasteiger partial charge in [0.05, 0.1) is 11.1 Å². The third-order valence-corrected chi connectivity index (χ3v) is 2.76. The smallest absolute Gasteiger partial charge is 0.459 e. The Balaban J connectivity index is 3.94. The van der Waals surface area contributed by atoms with Crippen molar-refractivity contribution in [2.75, 3.05) is 26.4 Å². The van der Waals surface area contributed by atoms with E-state index in [0.29, 0.717) is 0 Å². The third kappa shape index (κ3) is 16.9. The highest BCUT2D eigenvalue weighted by atomic mass is 17.2. The fourth-order valence-electron chi connectivity index (χ4n) is 1.37. The Morgan fingerprint density at radius 3 is 1.22 bits per heavy atom. The Bertz CT molecular complexity index is 610. The lowest BCUT2D eigenvalue weighted by Gasteiger charge is -2.16. The standard InChI is InChI=1S/C21H34O11/c1-15(13-29-31-20(3,4)5)17(22)25-9-11-27-19(24)28-12-10-26-18(23)16(2)14-30-32-21(6,7)8/h13-14H,9-12H2,1-8H3/b15-13+,16-14+. The average Bonchev–Trinajstić information content (AvgIpc) is 2.65. The van der Waals surface area contributed by atoms with Gasteiger partial charge in [-0.05, 0) is 55.4 Å². The normalized spacial score (nSPS) is 12.6. The Morgan fingerprint density at radius 1 is 0.594 bits per heavy atom. The molecule has 0 N–H and O–H groups in total. The van der Waals surface area contributed by atoms with Gasteiger partial charge in [0, 0.05) is 0 Å². The van der Waals surface area contributed by atoms with Crippen molar-refractivity contribution in [3.63, 3.8) is 0 Å². The predicted molar refractivity (Wildman–Crippen MR) is 111 cm³/mol. The van der Waals surface area contributed by atoms with Crippen LogP contribution in [0.15, 0.2) is 23.7 Å². The van der Waals surface area contributed by atoms with Crippen molar-refractivity contribution in [3.05, 3.63) is 23.7 Å². The van der Waals surface area contributed by atoms with E-state index in [1.165, 1.54) is 13.8 Å². The molecule has 0 unspecified atom stereocenters. The van der Waals surface area contributed by atoms with E-state index < -0.39 is 29.3 Å². The zero-order valence-electron chi connectivity index (χ0n) is 20.0. The second-order valence-electron chi connectivity index (χ2n) is 8.40. The molecule has 0 aliphatic heterocycles. The maximum atomic E-state index is 11.7. The van der Waals surface area contributed by atoms with E-state index in [1.807, 2.05) is 0 Å². The summed E-state index contributed by atoms with van der Waals surface area (Å²) in [6.07, 6.45) is 1.23. The van der Waals surface area contributed by atoms with Crippen LogP contribution in [-0.2, 0) is 48.1 Å². The van der Waals surface area contributed by atoms with E-state index in [-0.39, 0.29) is 37.6 Å². The SMILES string of the molecule is C/C(=C\OOC(C)(C)C)C(=O)OCCOC(=O)OCCOC(=O)/C(C)=C/OOC(C)(C)C. The molecule has 0 radical (unpaired) electrons. The third-order valence-electron chi connectivity index (χ3n) is 2.76. The first-order valence-electron chi connectivity index (χ1n) is 9.87. The average molecular weight is 462 g/mol. The van der Waals surface area contributed by atoms with E-state index >= 15 is 0 Å². The molecule has 0 aromatic heterocycles. The Labute approximate surface area is 188 Å². The summed E-state index contributed by atoms with van der Waals surface area (Å²) in [5, 5.41) is 0. The Morgan fingerprint density at radius 2 is 0.906 bits per heavy atom. The van der Waals surface area contributed by atoms with Gasteiger partial charge in [-0.1, -0.05) is 0 Å². The fraction of sp³-hybridized carbons (Fsp3) is 0.667. The highest BCUT2D eigenvalue weighted by Crippen LogP contribution is 2.09. The van der Waals surface area contributed by atoms with Gasteiger partial charge in [-0.25, -0.2) is 14.4 Å². The molecule has 0 atom stereocenters. The zero-order valence-corrected chi connectivity index (χ0v) is 20.0. The van der Waals surface area contributed by atoms with Gasteiger partial charge in [0.1, 0.15) is 50.2 Å². The number of rotatable bonds is 12. The van der Waals surface area contributed by atoms with Gasteiger partial charge in [0.25, 0.3) is 0 Å². The van der Waals surface area contributed by atoms with Crippen molar-refractivity contribution in [2.24, 2.45) is 0 Å². The van der Waals surface area contributed by atoms with Gasteiger partial charge >= 0.3 is 18.1 Å².